The third-order valence-electron chi connectivity index (χ3n) is 3.10. The summed E-state index contributed by atoms with van der Waals surface area (Å²) >= 11 is 0. The van der Waals surface area contributed by atoms with Gasteiger partial charge in [0.25, 0.3) is 0 Å². The summed E-state index contributed by atoms with van der Waals surface area (Å²) in [6, 6.07) is 2.15. The van der Waals surface area contributed by atoms with Crippen LogP contribution in [0.15, 0.2) is 18.5 Å². The van der Waals surface area contributed by atoms with E-state index in [9.17, 15) is 0 Å². The molecule has 2 rings (SSSR count). The van der Waals surface area contributed by atoms with Crippen LogP contribution in [0.2, 0.25) is 0 Å². The first-order valence-electron chi connectivity index (χ1n) is 5.64. The highest BCUT2D eigenvalue weighted by molar-refractivity contribution is 5.25. The number of nitrogens with two attached hydrogens (primary N) is 1. The molecule has 0 aromatic carbocycles. The monoisotopic (exact) mass is 206 g/mol. The number of aromatic nitrogens is 2. The molecule has 1 aromatic rings. The Bertz CT molecular complexity index is 282. The van der Waals surface area contributed by atoms with Gasteiger partial charge in [0.05, 0.1) is 0 Å². The first kappa shape index (κ1) is 10.4. The van der Waals surface area contributed by atoms with E-state index in [1.54, 1.807) is 12.4 Å². The molecular weight excluding hydrogens is 188 g/mol. The Morgan fingerprint density at radius 2 is 2.00 bits per heavy atom. The third-order valence-corrected chi connectivity index (χ3v) is 3.10. The number of hydrogen-bond acceptors (Lipinski definition) is 4. The average molecular weight is 206 g/mol. The molecule has 82 valence electrons. The zero-order valence-electron chi connectivity index (χ0n) is 8.89. The minimum atomic E-state index is 0.329. The van der Waals surface area contributed by atoms with Crippen molar-refractivity contribution in [2.75, 3.05) is 11.9 Å². The summed E-state index contributed by atoms with van der Waals surface area (Å²) in [5, 5.41) is 3.32. The molecule has 1 atom stereocenters. The van der Waals surface area contributed by atoms with Crippen LogP contribution < -0.4 is 11.1 Å². The lowest BCUT2D eigenvalue weighted by Gasteiger charge is -2.22. The van der Waals surface area contributed by atoms with Crippen LogP contribution in [0.25, 0.3) is 0 Å². The lowest BCUT2D eigenvalue weighted by molar-refractivity contribution is 0.460. The van der Waals surface area contributed by atoms with E-state index in [1.807, 2.05) is 6.07 Å². The van der Waals surface area contributed by atoms with Gasteiger partial charge in [0.15, 0.2) is 0 Å². The first-order chi connectivity index (χ1) is 7.40. The van der Waals surface area contributed by atoms with Crippen molar-refractivity contribution in [1.82, 2.24) is 9.97 Å². The SMILES string of the molecule is NCC(Nc1ncccn1)C1CCCC1. The maximum Gasteiger partial charge on any atom is 0.222 e. The molecule has 0 aliphatic heterocycles. The van der Waals surface area contributed by atoms with E-state index in [0.717, 1.165) is 0 Å². The van der Waals surface area contributed by atoms with Crippen LogP contribution in [-0.4, -0.2) is 22.6 Å². The molecule has 3 N–H and O–H groups in total. The van der Waals surface area contributed by atoms with Crippen molar-refractivity contribution >= 4 is 5.95 Å². The van der Waals surface area contributed by atoms with Crippen LogP contribution in [0.3, 0.4) is 0 Å². The normalized spacial score (nSPS) is 19.0. The standard InChI is InChI=1S/C11H18N4/c12-8-10(9-4-1-2-5-9)15-11-13-6-3-7-14-11/h3,6-7,9-10H,1-2,4-5,8,12H2,(H,13,14,15). The summed E-state index contributed by atoms with van der Waals surface area (Å²) in [6.45, 7) is 0.656. The van der Waals surface area contributed by atoms with Gasteiger partial charge in [0.1, 0.15) is 0 Å². The van der Waals surface area contributed by atoms with Crippen molar-refractivity contribution in [3.63, 3.8) is 0 Å². The molecule has 0 spiro atoms. The van der Waals surface area contributed by atoms with E-state index < -0.39 is 0 Å². The predicted octanol–water partition coefficient (Wildman–Crippen LogP) is 1.41. The maximum atomic E-state index is 5.78. The van der Waals surface area contributed by atoms with E-state index >= 15 is 0 Å². The Kier molecular flexibility index (Phi) is 3.50. The zero-order chi connectivity index (χ0) is 10.5. The van der Waals surface area contributed by atoms with Gasteiger partial charge < -0.3 is 11.1 Å². The Labute approximate surface area is 90.3 Å². The number of anilines is 1. The summed E-state index contributed by atoms with van der Waals surface area (Å²) < 4.78 is 0. The topological polar surface area (TPSA) is 63.8 Å². The summed E-state index contributed by atoms with van der Waals surface area (Å²) in [7, 11) is 0. The van der Waals surface area contributed by atoms with Gasteiger partial charge in [0.2, 0.25) is 5.95 Å². The van der Waals surface area contributed by atoms with E-state index in [1.165, 1.54) is 25.7 Å². The van der Waals surface area contributed by atoms with Gasteiger partial charge in [-0.05, 0) is 24.8 Å². The predicted molar refractivity (Wildman–Crippen MR) is 60.5 cm³/mol. The summed E-state index contributed by atoms with van der Waals surface area (Å²) in [4.78, 5) is 8.32. The van der Waals surface area contributed by atoms with Gasteiger partial charge in [-0.2, -0.15) is 0 Å². The van der Waals surface area contributed by atoms with Gasteiger partial charge in [-0.15, -0.1) is 0 Å². The molecule has 1 heterocycles. The summed E-state index contributed by atoms with van der Waals surface area (Å²) in [5.41, 5.74) is 5.78. The molecule has 1 aromatic heterocycles. The second kappa shape index (κ2) is 5.07. The number of nitrogens with one attached hydrogen (secondary N) is 1. The van der Waals surface area contributed by atoms with Crippen molar-refractivity contribution in [2.24, 2.45) is 11.7 Å². The lowest BCUT2D eigenvalue weighted by atomic mass is 9.98. The van der Waals surface area contributed by atoms with E-state index in [4.69, 9.17) is 5.73 Å². The minimum Gasteiger partial charge on any atom is -0.350 e. The molecule has 0 bridgehead atoms. The van der Waals surface area contributed by atoms with Crippen LogP contribution in [0, 0.1) is 5.92 Å². The van der Waals surface area contributed by atoms with Gasteiger partial charge >= 0.3 is 0 Å². The van der Waals surface area contributed by atoms with Crippen molar-refractivity contribution < 1.29 is 0 Å². The van der Waals surface area contributed by atoms with Gasteiger partial charge in [-0.3, -0.25) is 0 Å². The smallest absolute Gasteiger partial charge is 0.222 e. The van der Waals surface area contributed by atoms with Crippen LogP contribution in [-0.2, 0) is 0 Å². The molecule has 0 amide bonds. The number of rotatable bonds is 4. The zero-order valence-corrected chi connectivity index (χ0v) is 8.89. The Balaban J connectivity index is 1.96. The fourth-order valence-corrected chi connectivity index (χ4v) is 2.27. The van der Waals surface area contributed by atoms with Crippen molar-refractivity contribution in [3.05, 3.63) is 18.5 Å². The fraction of sp³-hybridized carbons (Fsp3) is 0.636. The maximum absolute atomic E-state index is 5.78. The van der Waals surface area contributed by atoms with Gasteiger partial charge in [0, 0.05) is 25.0 Å². The van der Waals surface area contributed by atoms with Crippen LogP contribution in [0.5, 0.6) is 0 Å². The van der Waals surface area contributed by atoms with Crippen LogP contribution in [0.1, 0.15) is 25.7 Å². The lowest BCUT2D eigenvalue weighted by Crippen LogP contribution is -2.35. The van der Waals surface area contributed by atoms with Crippen molar-refractivity contribution in [1.29, 1.82) is 0 Å². The van der Waals surface area contributed by atoms with E-state index in [2.05, 4.69) is 15.3 Å². The Morgan fingerprint density at radius 3 is 2.60 bits per heavy atom. The molecule has 1 unspecified atom stereocenters. The molecule has 1 saturated carbocycles. The largest absolute Gasteiger partial charge is 0.350 e. The average Bonchev–Trinajstić information content (AvgIpc) is 2.81. The quantitative estimate of drug-likeness (QED) is 0.781. The second-order valence-corrected chi connectivity index (χ2v) is 4.10. The van der Waals surface area contributed by atoms with Gasteiger partial charge in [-0.1, -0.05) is 12.8 Å². The third kappa shape index (κ3) is 2.65. The van der Waals surface area contributed by atoms with E-state index in [-0.39, 0.29) is 0 Å². The molecule has 4 nitrogen and oxygen atoms in total. The minimum absolute atomic E-state index is 0.329. The molecule has 0 radical (unpaired) electrons. The number of nitrogens with zero attached hydrogens (tertiary/aromatic N) is 2. The highest BCUT2D eigenvalue weighted by Crippen LogP contribution is 2.28. The van der Waals surface area contributed by atoms with Gasteiger partial charge in [-0.25, -0.2) is 9.97 Å². The van der Waals surface area contributed by atoms with Crippen molar-refractivity contribution in [2.45, 2.75) is 31.7 Å². The Morgan fingerprint density at radius 1 is 1.33 bits per heavy atom. The molecule has 0 saturated heterocycles. The molecule has 1 aliphatic carbocycles. The van der Waals surface area contributed by atoms with Crippen molar-refractivity contribution in [3.8, 4) is 0 Å². The van der Waals surface area contributed by atoms with Crippen LogP contribution in [0.4, 0.5) is 5.95 Å². The number of hydrogen-bond donors (Lipinski definition) is 2. The summed E-state index contributed by atoms with van der Waals surface area (Å²) in [6.07, 6.45) is 8.72. The molecular formula is C11H18N4. The first-order valence-corrected chi connectivity index (χ1v) is 5.64. The molecule has 1 fully saturated rings. The fourth-order valence-electron chi connectivity index (χ4n) is 2.27. The van der Waals surface area contributed by atoms with Crippen LogP contribution >= 0.6 is 0 Å². The second-order valence-electron chi connectivity index (χ2n) is 4.10. The van der Waals surface area contributed by atoms with E-state index in [0.29, 0.717) is 24.5 Å². The molecule has 4 heteroatoms. The molecule has 1 aliphatic rings. The Hall–Kier alpha value is -1.16. The highest BCUT2D eigenvalue weighted by atomic mass is 15.1. The highest BCUT2D eigenvalue weighted by Gasteiger charge is 2.24. The molecule has 15 heavy (non-hydrogen) atoms. The summed E-state index contributed by atoms with van der Waals surface area (Å²) in [5.74, 6) is 1.39.